The van der Waals surface area contributed by atoms with Crippen molar-refractivity contribution in [3.63, 3.8) is 0 Å². The van der Waals surface area contributed by atoms with Gasteiger partial charge in [-0.25, -0.2) is 14.5 Å². The van der Waals surface area contributed by atoms with Gasteiger partial charge in [-0.2, -0.15) is 10.5 Å². The molecule has 0 fully saturated rings. The molecule has 0 atom stereocenters. The molecule has 0 aliphatic rings. The molecule has 48 heavy (non-hydrogen) atoms. The van der Waals surface area contributed by atoms with E-state index in [1.807, 2.05) is 69.8 Å². The molecule has 0 amide bonds. The molecule has 8 rings (SSSR count). The highest BCUT2D eigenvalue weighted by molar-refractivity contribution is 6.13. The van der Waals surface area contributed by atoms with Gasteiger partial charge in [0.2, 0.25) is 0 Å². The van der Waals surface area contributed by atoms with E-state index < -0.39 is 0 Å². The topological polar surface area (TPSA) is 83.4 Å². The highest BCUT2D eigenvalue weighted by atomic mass is 15.0. The van der Waals surface area contributed by atoms with Crippen molar-refractivity contribution in [3.8, 4) is 34.6 Å². The third-order valence-electron chi connectivity index (χ3n) is 8.69. The Hall–Kier alpha value is -7.70. The third kappa shape index (κ3) is 4.08. The third-order valence-corrected chi connectivity index (χ3v) is 8.69. The first-order valence-electron chi connectivity index (χ1n) is 14.7. The van der Waals surface area contributed by atoms with Gasteiger partial charge in [0.1, 0.15) is 0 Å². The van der Waals surface area contributed by atoms with Crippen molar-refractivity contribution in [2.75, 3.05) is 0 Å². The van der Waals surface area contributed by atoms with Crippen LogP contribution in [0.5, 0.6) is 0 Å². The molecule has 8 heteroatoms. The second-order valence-electron chi connectivity index (χ2n) is 11.2. The lowest BCUT2D eigenvalue weighted by Crippen LogP contribution is -2.05. The zero-order valence-corrected chi connectivity index (χ0v) is 25.0. The van der Waals surface area contributed by atoms with Crippen molar-refractivity contribution in [1.29, 1.82) is 10.5 Å². The lowest BCUT2D eigenvalue weighted by atomic mass is 10.0. The highest BCUT2D eigenvalue weighted by Gasteiger charge is 2.23. The summed E-state index contributed by atoms with van der Waals surface area (Å²) in [5, 5.41) is 23.1. The largest absolute Gasteiger partial charge is 0.310 e. The summed E-state index contributed by atoms with van der Waals surface area (Å²) in [5.41, 5.74) is 8.45. The molecule has 0 unspecified atom stereocenters. The summed E-state index contributed by atoms with van der Waals surface area (Å²) in [6.07, 6.45) is 3.53. The van der Waals surface area contributed by atoms with E-state index >= 15 is 0 Å². The summed E-state index contributed by atoms with van der Waals surface area (Å²) >= 11 is 0. The molecule has 5 aromatic carbocycles. The summed E-state index contributed by atoms with van der Waals surface area (Å²) in [6, 6.07) is 34.0. The Morgan fingerprint density at radius 2 is 0.896 bits per heavy atom. The van der Waals surface area contributed by atoms with Crippen LogP contribution < -0.4 is 0 Å². The predicted octanol–water partition coefficient (Wildman–Crippen LogP) is 10.3. The average Bonchev–Trinajstić information content (AvgIpc) is 3.64. The smallest absolute Gasteiger partial charge is 0.189 e. The molecule has 0 aliphatic carbocycles. The van der Waals surface area contributed by atoms with Crippen molar-refractivity contribution in [2.24, 2.45) is 0 Å². The molecule has 3 aromatic heterocycles. The van der Waals surface area contributed by atoms with Crippen LogP contribution in [-0.2, 0) is 0 Å². The first-order chi connectivity index (χ1) is 23.6. The number of pyridine rings is 1. The molecule has 8 nitrogen and oxygen atoms in total. The molecule has 0 bridgehead atoms. The van der Waals surface area contributed by atoms with Crippen molar-refractivity contribution in [3.05, 3.63) is 155 Å². The molecule has 0 aliphatic heterocycles. The van der Waals surface area contributed by atoms with Crippen LogP contribution in [0, 0.1) is 42.4 Å². The highest BCUT2D eigenvalue weighted by Crippen LogP contribution is 2.43. The number of fused-ring (bicyclic) bond motifs is 6. The maximum atomic E-state index is 9.87. The minimum absolute atomic E-state index is 0.469. The van der Waals surface area contributed by atoms with Crippen LogP contribution >= 0.6 is 0 Å². The van der Waals surface area contributed by atoms with Gasteiger partial charge in [-0.1, -0.05) is 54.6 Å². The Morgan fingerprint density at radius 1 is 0.500 bits per heavy atom. The molecule has 8 aromatic rings. The van der Waals surface area contributed by atoms with E-state index in [0.29, 0.717) is 39.6 Å². The average molecular weight is 611 g/mol. The van der Waals surface area contributed by atoms with E-state index in [0.717, 1.165) is 54.7 Å². The number of rotatable bonds is 3. The zero-order chi connectivity index (χ0) is 32.9. The molecular formula is C40H18N8. The molecule has 3 heterocycles. The van der Waals surface area contributed by atoms with Crippen LogP contribution in [0.25, 0.3) is 80.6 Å². The normalized spacial score (nSPS) is 10.8. The van der Waals surface area contributed by atoms with Gasteiger partial charge in [0, 0.05) is 43.7 Å². The summed E-state index contributed by atoms with van der Waals surface area (Å²) in [7, 11) is 0. The minimum atomic E-state index is 0.469. The number of hydrogen-bond acceptors (Lipinski definition) is 3. The summed E-state index contributed by atoms with van der Waals surface area (Å²) in [5.74, 6) is 0. The van der Waals surface area contributed by atoms with Crippen LogP contribution in [-0.4, -0.2) is 14.1 Å². The van der Waals surface area contributed by atoms with Gasteiger partial charge >= 0.3 is 0 Å². The predicted molar refractivity (Wildman–Crippen MR) is 187 cm³/mol. The maximum absolute atomic E-state index is 9.87. The standard InChI is InChI=1S/C40H18N8/c1-43-27-9-13-31-30-12-6-25(21-42)16-34(30)47(35(31)17-27)38-22-46-23-39(40(38)26-7-4-24(20-41)5-8-26)48-36-18-28(44-2)10-14-32(36)33-15-11-29(45-3)19-37(33)48/h4-19,22-23H. The zero-order valence-electron chi connectivity index (χ0n) is 25.0. The van der Waals surface area contributed by atoms with Gasteiger partial charge in [-0.15, -0.1) is 0 Å². The van der Waals surface area contributed by atoms with Gasteiger partial charge in [0.25, 0.3) is 0 Å². The Labute approximate surface area is 274 Å². The number of benzene rings is 5. The SMILES string of the molecule is [C-]#[N+]c1ccc2c3ccc(C#N)cc3n(-c3cncc(-n4c5cc([N+]#[C-])ccc5c5ccc([N+]#[C-])cc54)c3-c3ccc(C#N)cc3)c2c1. The Bertz CT molecular complexity index is 2580. The second-order valence-corrected chi connectivity index (χ2v) is 11.2. The first-order valence-corrected chi connectivity index (χ1v) is 14.7. The molecule has 0 radical (unpaired) electrons. The van der Waals surface area contributed by atoms with E-state index in [1.54, 1.807) is 48.8 Å². The molecule has 0 saturated carbocycles. The maximum Gasteiger partial charge on any atom is 0.189 e. The van der Waals surface area contributed by atoms with E-state index in [1.165, 1.54) is 0 Å². The van der Waals surface area contributed by atoms with Crippen molar-refractivity contribution in [1.82, 2.24) is 14.1 Å². The van der Waals surface area contributed by atoms with Crippen molar-refractivity contribution >= 4 is 60.7 Å². The van der Waals surface area contributed by atoms with Gasteiger partial charge in [0.15, 0.2) is 17.1 Å². The van der Waals surface area contributed by atoms with E-state index in [4.69, 9.17) is 24.7 Å². The molecule has 218 valence electrons. The van der Waals surface area contributed by atoms with Gasteiger partial charge < -0.3 is 9.13 Å². The fourth-order valence-corrected chi connectivity index (χ4v) is 6.58. The first kappa shape index (κ1) is 27.8. The Balaban J connectivity index is 1.59. The quantitative estimate of drug-likeness (QED) is 0.187. The lowest BCUT2D eigenvalue weighted by molar-refractivity contribution is 1.09. The minimum Gasteiger partial charge on any atom is -0.310 e. The van der Waals surface area contributed by atoms with E-state index in [9.17, 15) is 10.5 Å². The van der Waals surface area contributed by atoms with Crippen LogP contribution in [0.15, 0.2) is 109 Å². The molecule has 0 saturated heterocycles. The second kappa shape index (κ2) is 10.7. The van der Waals surface area contributed by atoms with Crippen molar-refractivity contribution in [2.45, 2.75) is 0 Å². The Kier molecular flexibility index (Phi) is 6.22. The number of nitriles is 2. The van der Waals surface area contributed by atoms with E-state index in [2.05, 4.69) is 26.7 Å². The fourth-order valence-electron chi connectivity index (χ4n) is 6.58. The summed E-state index contributed by atoms with van der Waals surface area (Å²) < 4.78 is 4.07. The number of nitrogens with zero attached hydrogens (tertiary/aromatic N) is 8. The number of hydrogen-bond donors (Lipinski definition) is 0. The Morgan fingerprint density at radius 3 is 1.31 bits per heavy atom. The molecular weight excluding hydrogens is 592 g/mol. The van der Waals surface area contributed by atoms with Crippen LogP contribution in [0.3, 0.4) is 0 Å². The van der Waals surface area contributed by atoms with Gasteiger partial charge in [-0.05, 0) is 48.0 Å². The number of aromatic nitrogens is 3. The summed E-state index contributed by atoms with van der Waals surface area (Å²) in [6.45, 7) is 23.2. The molecule has 0 spiro atoms. The van der Waals surface area contributed by atoms with Crippen LogP contribution in [0.2, 0.25) is 0 Å². The van der Waals surface area contributed by atoms with Crippen molar-refractivity contribution < 1.29 is 0 Å². The summed E-state index contributed by atoms with van der Waals surface area (Å²) in [4.78, 5) is 15.9. The van der Waals surface area contributed by atoms with Crippen LogP contribution in [0.1, 0.15) is 11.1 Å². The fraction of sp³-hybridized carbons (Fsp3) is 0. The monoisotopic (exact) mass is 610 g/mol. The lowest BCUT2D eigenvalue weighted by Gasteiger charge is -2.20. The van der Waals surface area contributed by atoms with Gasteiger partial charge in [0.05, 0.1) is 72.3 Å². The van der Waals surface area contributed by atoms with E-state index in [-0.39, 0.29) is 0 Å². The van der Waals surface area contributed by atoms with Gasteiger partial charge in [-0.3, -0.25) is 4.98 Å². The molecule has 0 N–H and O–H groups in total. The van der Waals surface area contributed by atoms with Crippen LogP contribution in [0.4, 0.5) is 17.1 Å².